The lowest BCUT2D eigenvalue weighted by molar-refractivity contribution is 0.428. The van der Waals surface area contributed by atoms with Gasteiger partial charge in [0.1, 0.15) is 5.76 Å². The fraction of sp³-hybridized carbons (Fsp3) is 0.0909. The third-order valence-corrected chi connectivity index (χ3v) is 2.00. The summed E-state index contributed by atoms with van der Waals surface area (Å²) in [7, 11) is 0. The maximum atomic E-state index is 9.24. The lowest BCUT2D eigenvalue weighted by atomic mass is 9.97. The van der Waals surface area contributed by atoms with E-state index in [9.17, 15) is 5.11 Å². The quantitative estimate of drug-likeness (QED) is 0.574. The van der Waals surface area contributed by atoms with Crippen molar-refractivity contribution in [3.8, 4) is 0 Å². The van der Waals surface area contributed by atoms with Crippen LogP contribution >= 0.6 is 0 Å². The molecule has 0 spiro atoms. The lowest BCUT2D eigenvalue weighted by Crippen LogP contribution is -1.93. The van der Waals surface area contributed by atoms with Gasteiger partial charge in [0, 0.05) is 0 Å². The van der Waals surface area contributed by atoms with E-state index < -0.39 is 0 Å². The van der Waals surface area contributed by atoms with Crippen molar-refractivity contribution in [3.05, 3.63) is 59.4 Å². The standard InChI is InChI=1S/C11H10O/c12-11-7-6-9-4-2-1-3-5-10(9)8-11/h1-5,7-8,12H,6H2. The third-order valence-electron chi connectivity index (χ3n) is 2.00. The highest BCUT2D eigenvalue weighted by atomic mass is 16.3. The minimum Gasteiger partial charge on any atom is -0.508 e. The van der Waals surface area contributed by atoms with Crippen LogP contribution in [-0.4, -0.2) is 5.11 Å². The fourth-order valence-corrected chi connectivity index (χ4v) is 1.36. The molecule has 0 radical (unpaired) electrons. The first-order valence-electron chi connectivity index (χ1n) is 4.01. The first kappa shape index (κ1) is 7.17. The van der Waals surface area contributed by atoms with Gasteiger partial charge in [-0.3, -0.25) is 0 Å². The van der Waals surface area contributed by atoms with Gasteiger partial charge in [-0.05, 0) is 29.7 Å². The molecule has 1 heteroatoms. The molecule has 12 heavy (non-hydrogen) atoms. The second kappa shape index (κ2) is 2.86. The summed E-state index contributed by atoms with van der Waals surface area (Å²) in [5.41, 5.74) is 2.37. The lowest BCUT2D eigenvalue weighted by Gasteiger charge is -2.09. The Labute approximate surface area is 71.7 Å². The molecular formula is C11H10O. The minimum absolute atomic E-state index is 0.369. The van der Waals surface area contributed by atoms with Gasteiger partial charge in [0.05, 0.1) is 0 Å². The molecule has 2 aliphatic carbocycles. The molecule has 1 N–H and O–H groups in total. The van der Waals surface area contributed by atoms with Gasteiger partial charge in [-0.15, -0.1) is 0 Å². The van der Waals surface area contributed by atoms with Crippen molar-refractivity contribution in [2.75, 3.05) is 0 Å². The van der Waals surface area contributed by atoms with Crippen molar-refractivity contribution in [2.45, 2.75) is 6.42 Å². The Hall–Kier alpha value is -1.50. The normalized spacial score (nSPS) is 20.5. The summed E-state index contributed by atoms with van der Waals surface area (Å²) in [5, 5.41) is 9.24. The van der Waals surface area contributed by atoms with E-state index in [1.54, 1.807) is 6.08 Å². The first-order valence-corrected chi connectivity index (χ1v) is 4.01. The van der Waals surface area contributed by atoms with E-state index in [2.05, 4.69) is 6.08 Å². The Morgan fingerprint density at radius 2 is 2.08 bits per heavy atom. The van der Waals surface area contributed by atoms with Gasteiger partial charge in [0.2, 0.25) is 0 Å². The average Bonchev–Trinajstić information content (AvgIpc) is 2.28. The maximum Gasteiger partial charge on any atom is 0.112 e. The van der Waals surface area contributed by atoms with Crippen LogP contribution < -0.4 is 0 Å². The summed E-state index contributed by atoms with van der Waals surface area (Å²) < 4.78 is 0. The van der Waals surface area contributed by atoms with Gasteiger partial charge in [0.25, 0.3) is 0 Å². The van der Waals surface area contributed by atoms with Crippen molar-refractivity contribution >= 4 is 0 Å². The van der Waals surface area contributed by atoms with E-state index in [0.717, 1.165) is 12.0 Å². The van der Waals surface area contributed by atoms with Gasteiger partial charge < -0.3 is 5.11 Å². The van der Waals surface area contributed by atoms with Crippen molar-refractivity contribution in [3.63, 3.8) is 0 Å². The second-order valence-corrected chi connectivity index (χ2v) is 2.87. The van der Waals surface area contributed by atoms with Crippen LogP contribution in [0.4, 0.5) is 0 Å². The van der Waals surface area contributed by atoms with Gasteiger partial charge in [0.15, 0.2) is 0 Å². The van der Waals surface area contributed by atoms with Crippen LogP contribution in [0.25, 0.3) is 0 Å². The summed E-state index contributed by atoms with van der Waals surface area (Å²) >= 11 is 0. The summed E-state index contributed by atoms with van der Waals surface area (Å²) in [6.07, 6.45) is 14.5. The highest BCUT2D eigenvalue weighted by molar-refractivity contribution is 5.50. The van der Waals surface area contributed by atoms with Crippen LogP contribution in [0.3, 0.4) is 0 Å². The molecule has 0 aromatic heterocycles. The van der Waals surface area contributed by atoms with E-state index in [1.807, 2.05) is 30.4 Å². The Bertz CT molecular complexity index is 338. The monoisotopic (exact) mass is 158 g/mol. The number of rotatable bonds is 0. The van der Waals surface area contributed by atoms with Gasteiger partial charge in [-0.1, -0.05) is 30.4 Å². The Balaban J connectivity index is 2.43. The highest BCUT2D eigenvalue weighted by Gasteiger charge is 2.07. The van der Waals surface area contributed by atoms with Crippen LogP contribution in [0.2, 0.25) is 0 Å². The Kier molecular flexibility index (Phi) is 1.71. The molecule has 2 aliphatic rings. The van der Waals surface area contributed by atoms with Gasteiger partial charge in [-0.2, -0.15) is 0 Å². The van der Waals surface area contributed by atoms with Crippen LogP contribution in [0.15, 0.2) is 59.4 Å². The number of aliphatic hydroxyl groups is 1. The van der Waals surface area contributed by atoms with Crippen LogP contribution in [0, 0.1) is 0 Å². The molecule has 0 atom stereocenters. The topological polar surface area (TPSA) is 20.2 Å². The molecule has 60 valence electrons. The molecule has 0 saturated heterocycles. The average molecular weight is 158 g/mol. The predicted molar refractivity (Wildman–Crippen MR) is 49.8 cm³/mol. The summed E-state index contributed by atoms with van der Waals surface area (Å²) in [6.45, 7) is 0. The van der Waals surface area contributed by atoms with Gasteiger partial charge in [-0.25, -0.2) is 0 Å². The van der Waals surface area contributed by atoms with Crippen LogP contribution in [0.5, 0.6) is 0 Å². The zero-order chi connectivity index (χ0) is 8.39. The molecule has 2 rings (SSSR count). The third kappa shape index (κ3) is 1.26. The highest BCUT2D eigenvalue weighted by Crippen LogP contribution is 2.24. The summed E-state index contributed by atoms with van der Waals surface area (Å²) in [6, 6.07) is 0. The van der Waals surface area contributed by atoms with Crippen LogP contribution in [-0.2, 0) is 0 Å². The summed E-state index contributed by atoms with van der Waals surface area (Å²) in [4.78, 5) is 0. The Morgan fingerprint density at radius 1 is 1.17 bits per heavy atom. The second-order valence-electron chi connectivity index (χ2n) is 2.87. The molecule has 0 aromatic carbocycles. The van der Waals surface area contributed by atoms with E-state index in [4.69, 9.17) is 0 Å². The largest absolute Gasteiger partial charge is 0.508 e. The van der Waals surface area contributed by atoms with E-state index in [1.165, 1.54) is 5.57 Å². The molecule has 1 nitrogen and oxygen atoms in total. The smallest absolute Gasteiger partial charge is 0.112 e. The molecule has 0 fully saturated rings. The maximum absolute atomic E-state index is 9.24. The predicted octanol–water partition coefficient (Wildman–Crippen LogP) is 2.81. The van der Waals surface area contributed by atoms with Crippen LogP contribution in [0.1, 0.15) is 6.42 Å². The first-order chi connectivity index (χ1) is 5.86. The van der Waals surface area contributed by atoms with Gasteiger partial charge >= 0.3 is 0 Å². The van der Waals surface area contributed by atoms with E-state index in [-0.39, 0.29) is 0 Å². The molecule has 0 bridgehead atoms. The number of hydrogen-bond donors (Lipinski definition) is 1. The van der Waals surface area contributed by atoms with Crippen molar-refractivity contribution in [1.82, 2.24) is 0 Å². The zero-order valence-electron chi connectivity index (χ0n) is 6.70. The number of hydrogen-bond acceptors (Lipinski definition) is 1. The SMILES string of the molecule is OC1=CCC2=CC=CC=CC2=C1. The number of allylic oxidation sites excluding steroid dienone is 9. The molecule has 0 saturated carbocycles. The molecule has 0 aromatic rings. The van der Waals surface area contributed by atoms with Crippen molar-refractivity contribution in [2.24, 2.45) is 0 Å². The summed E-state index contributed by atoms with van der Waals surface area (Å²) in [5.74, 6) is 0.369. The van der Waals surface area contributed by atoms with E-state index in [0.29, 0.717) is 5.76 Å². The zero-order valence-corrected chi connectivity index (χ0v) is 6.70. The molecule has 0 aliphatic heterocycles. The molecular weight excluding hydrogens is 148 g/mol. The number of fused-ring (bicyclic) bond motifs is 1. The van der Waals surface area contributed by atoms with Crippen molar-refractivity contribution < 1.29 is 5.11 Å². The van der Waals surface area contributed by atoms with E-state index >= 15 is 0 Å². The number of aliphatic hydroxyl groups excluding tert-OH is 1. The molecule has 0 amide bonds. The fourth-order valence-electron chi connectivity index (χ4n) is 1.36. The molecule has 0 unspecified atom stereocenters. The Morgan fingerprint density at radius 3 is 3.00 bits per heavy atom. The molecule has 0 heterocycles. The minimum atomic E-state index is 0.369. The van der Waals surface area contributed by atoms with Crippen molar-refractivity contribution in [1.29, 1.82) is 0 Å².